The van der Waals surface area contributed by atoms with Gasteiger partial charge in [0.2, 0.25) is 5.91 Å². The van der Waals surface area contributed by atoms with E-state index in [1.54, 1.807) is 11.3 Å². The third-order valence-electron chi connectivity index (χ3n) is 3.89. The second-order valence-electron chi connectivity index (χ2n) is 7.00. The van der Waals surface area contributed by atoms with Gasteiger partial charge in [0.25, 0.3) is 0 Å². The van der Waals surface area contributed by atoms with Crippen molar-refractivity contribution in [2.45, 2.75) is 46.7 Å². The normalized spacial score (nSPS) is 24.0. The minimum Gasteiger partial charge on any atom is -0.327 e. The first-order chi connectivity index (χ1) is 9.75. The van der Waals surface area contributed by atoms with Gasteiger partial charge >= 0.3 is 0 Å². The number of nitrogens with two attached hydrogens (primary N) is 1. The third-order valence-corrected chi connectivity index (χ3v) is 4.79. The van der Waals surface area contributed by atoms with E-state index in [4.69, 9.17) is 5.73 Å². The summed E-state index contributed by atoms with van der Waals surface area (Å²) in [5, 5.41) is 3.57. The number of anilines is 1. The molecule has 1 fully saturated rings. The fourth-order valence-electron chi connectivity index (χ4n) is 2.34. The van der Waals surface area contributed by atoms with E-state index >= 15 is 0 Å². The Balaban J connectivity index is 1.90. The maximum Gasteiger partial charge on any atom is 0.231 e. The van der Waals surface area contributed by atoms with Crippen LogP contribution >= 0.6 is 11.3 Å². The smallest absolute Gasteiger partial charge is 0.231 e. The molecule has 5 nitrogen and oxygen atoms in total. The number of nitrogens with one attached hydrogen (secondary N) is 1. The van der Waals surface area contributed by atoms with E-state index in [-0.39, 0.29) is 5.91 Å². The molecule has 0 bridgehead atoms. The number of hydrogen-bond acceptors (Lipinski definition) is 5. The van der Waals surface area contributed by atoms with Crippen LogP contribution in [0.15, 0.2) is 6.20 Å². The number of aromatic nitrogens is 1. The lowest BCUT2D eigenvalue weighted by molar-refractivity contribution is -0.123. The van der Waals surface area contributed by atoms with E-state index in [0.29, 0.717) is 17.1 Å². The van der Waals surface area contributed by atoms with Gasteiger partial charge in [0, 0.05) is 42.2 Å². The Kier molecular flexibility index (Phi) is 5.01. The molecular formula is C15H26N4OS. The number of likely N-dealkylation sites (tertiary alicyclic amines) is 1. The van der Waals surface area contributed by atoms with Crippen LogP contribution in [0.2, 0.25) is 0 Å². The van der Waals surface area contributed by atoms with Gasteiger partial charge in [0.15, 0.2) is 5.13 Å². The molecule has 1 amide bonds. The molecule has 6 heteroatoms. The summed E-state index contributed by atoms with van der Waals surface area (Å²) in [7, 11) is 0. The lowest BCUT2D eigenvalue weighted by atomic mass is 9.95. The highest BCUT2D eigenvalue weighted by atomic mass is 32.1. The molecule has 0 aromatic carbocycles. The van der Waals surface area contributed by atoms with Crippen LogP contribution in [0.4, 0.5) is 5.13 Å². The number of carbonyl (C=O) groups excluding carboxylic acids is 1. The van der Waals surface area contributed by atoms with Gasteiger partial charge in [-0.15, -0.1) is 11.3 Å². The maximum absolute atomic E-state index is 11.9. The van der Waals surface area contributed by atoms with Crippen LogP contribution < -0.4 is 11.1 Å². The zero-order valence-corrected chi connectivity index (χ0v) is 14.2. The fraction of sp³-hybridized carbons (Fsp3) is 0.733. The van der Waals surface area contributed by atoms with Crippen molar-refractivity contribution in [2.24, 2.45) is 17.1 Å². The Morgan fingerprint density at radius 3 is 2.90 bits per heavy atom. The van der Waals surface area contributed by atoms with E-state index in [9.17, 15) is 4.79 Å². The zero-order chi connectivity index (χ0) is 15.6. The van der Waals surface area contributed by atoms with Gasteiger partial charge in [-0.3, -0.25) is 9.69 Å². The summed E-state index contributed by atoms with van der Waals surface area (Å²) in [6.07, 6.45) is 2.91. The van der Waals surface area contributed by atoms with E-state index in [1.165, 1.54) is 4.88 Å². The standard InChI is InChI=1S/C15H26N4OS/c1-10-8-19(6-5-12(10)16)9-11-7-17-14(21-11)18-13(20)15(2,3)4/h7,10,12H,5-6,8-9,16H2,1-4H3,(H,17,18,20). The number of amides is 1. The van der Waals surface area contributed by atoms with Crippen molar-refractivity contribution in [3.05, 3.63) is 11.1 Å². The number of rotatable bonds is 3. The second-order valence-corrected chi connectivity index (χ2v) is 8.12. The lowest BCUT2D eigenvalue weighted by Gasteiger charge is -2.34. The third kappa shape index (κ3) is 4.49. The molecule has 1 aliphatic rings. The van der Waals surface area contributed by atoms with Gasteiger partial charge in [-0.05, 0) is 12.3 Å². The van der Waals surface area contributed by atoms with Crippen molar-refractivity contribution in [3.63, 3.8) is 0 Å². The Hall–Kier alpha value is -0.980. The molecule has 3 N–H and O–H groups in total. The Morgan fingerprint density at radius 2 is 2.29 bits per heavy atom. The van der Waals surface area contributed by atoms with Crippen LogP contribution in [0.3, 0.4) is 0 Å². The molecule has 0 saturated carbocycles. The molecule has 0 radical (unpaired) electrons. The van der Waals surface area contributed by atoms with Crippen molar-refractivity contribution in [1.29, 1.82) is 0 Å². The molecule has 2 rings (SSSR count). The zero-order valence-electron chi connectivity index (χ0n) is 13.3. The van der Waals surface area contributed by atoms with Gasteiger partial charge in [0.1, 0.15) is 0 Å². The van der Waals surface area contributed by atoms with Gasteiger partial charge < -0.3 is 11.1 Å². The van der Waals surface area contributed by atoms with Gasteiger partial charge in [-0.2, -0.15) is 0 Å². The Labute approximate surface area is 130 Å². The van der Waals surface area contributed by atoms with Crippen LogP contribution in [0, 0.1) is 11.3 Å². The lowest BCUT2D eigenvalue weighted by Crippen LogP contribution is -2.45. The van der Waals surface area contributed by atoms with Gasteiger partial charge in [-0.25, -0.2) is 4.98 Å². The highest BCUT2D eigenvalue weighted by molar-refractivity contribution is 7.15. The summed E-state index contributed by atoms with van der Waals surface area (Å²) >= 11 is 1.56. The molecule has 1 aliphatic heterocycles. The van der Waals surface area contributed by atoms with Crippen LogP contribution in [0.1, 0.15) is 39.0 Å². The van der Waals surface area contributed by atoms with Crippen molar-refractivity contribution in [1.82, 2.24) is 9.88 Å². The Bertz CT molecular complexity index is 494. The second kappa shape index (κ2) is 6.42. The van der Waals surface area contributed by atoms with Crippen molar-refractivity contribution in [2.75, 3.05) is 18.4 Å². The summed E-state index contributed by atoms with van der Waals surface area (Å²) in [6.45, 7) is 10.9. The number of hydrogen-bond donors (Lipinski definition) is 2. The minimum atomic E-state index is -0.399. The van der Waals surface area contributed by atoms with Crippen LogP contribution in [-0.2, 0) is 11.3 Å². The number of nitrogens with zero attached hydrogens (tertiary/aromatic N) is 2. The highest BCUT2D eigenvalue weighted by Gasteiger charge is 2.24. The van der Waals surface area contributed by atoms with E-state index < -0.39 is 5.41 Å². The topological polar surface area (TPSA) is 71.2 Å². The quantitative estimate of drug-likeness (QED) is 0.898. The molecule has 21 heavy (non-hydrogen) atoms. The predicted molar refractivity (Wildman–Crippen MR) is 87.2 cm³/mol. The van der Waals surface area contributed by atoms with Crippen molar-refractivity contribution in [3.8, 4) is 0 Å². The molecule has 118 valence electrons. The molecule has 1 saturated heterocycles. The molecule has 0 aliphatic carbocycles. The van der Waals surface area contributed by atoms with Gasteiger partial charge in [-0.1, -0.05) is 27.7 Å². The Morgan fingerprint density at radius 1 is 1.57 bits per heavy atom. The average Bonchev–Trinajstić information content (AvgIpc) is 2.80. The van der Waals surface area contributed by atoms with Gasteiger partial charge in [0.05, 0.1) is 0 Å². The van der Waals surface area contributed by atoms with Crippen LogP contribution in [-0.4, -0.2) is 34.9 Å². The minimum absolute atomic E-state index is 0.000897. The van der Waals surface area contributed by atoms with Crippen molar-refractivity contribution < 1.29 is 4.79 Å². The van der Waals surface area contributed by atoms with Crippen LogP contribution in [0.5, 0.6) is 0 Å². The number of thiazole rings is 1. The molecule has 1 aromatic rings. The summed E-state index contributed by atoms with van der Waals surface area (Å²) < 4.78 is 0. The number of piperidine rings is 1. The molecule has 2 heterocycles. The van der Waals surface area contributed by atoms with Crippen molar-refractivity contribution >= 4 is 22.4 Å². The largest absolute Gasteiger partial charge is 0.327 e. The number of carbonyl (C=O) groups is 1. The first-order valence-electron chi connectivity index (χ1n) is 7.50. The molecule has 2 unspecified atom stereocenters. The summed E-state index contributed by atoms with van der Waals surface area (Å²) in [5.41, 5.74) is 5.65. The van der Waals surface area contributed by atoms with E-state index in [0.717, 1.165) is 26.1 Å². The first kappa shape index (κ1) is 16.4. The van der Waals surface area contributed by atoms with E-state index in [1.807, 2.05) is 27.0 Å². The first-order valence-corrected chi connectivity index (χ1v) is 8.31. The van der Waals surface area contributed by atoms with E-state index in [2.05, 4.69) is 22.1 Å². The summed E-state index contributed by atoms with van der Waals surface area (Å²) in [4.78, 5) is 19.8. The predicted octanol–water partition coefficient (Wildman–Crippen LogP) is 2.30. The fourth-order valence-corrected chi connectivity index (χ4v) is 3.19. The SMILES string of the molecule is CC1CN(Cc2cnc(NC(=O)C(C)(C)C)s2)CCC1N. The summed E-state index contributed by atoms with van der Waals surface area (Å²) in [6, 6.07) is 0.323. The molecule has 1 aromatic heterocycles. The monoisotopic (exact) mass is 310 g/mol. The summed E-state index contributed by atoms with van der Waals surface area (Å²) in [5.74, 6) is 0.535. The molecule has 0 spiro atoms. The maximum atomic E-state index is 11.9. The van der Waals surface area contributed by atoms with Crippen LogP contribution in [0.25, 0.3) is 0 Å². The highest BCUT2D eigenvalue weighted by Crippen LogP contribution is 2.24. The molecular weight excluding hydrogens is 284 g/mol. The average molecular weight is 310 g/mol. The molecule has 2 atom stereocenters.